The van der Waals surface area contributed by atoms with Gasteiger partial charge in [0.25, 0.3) is 0 Å². The van der Waals surface area contributed by atoms with Gasteiger partial charge in [0.05, 0.1) is 0 Å². The first kappa shape index (κ1) is 6.59. The van der Waals surface area contributed by atoms with Crippen LogP contribution in [0.4, 0.5) is 0 Å². The Morgan fingerprint density at radius 1 is 1.57 bits per heavy atom. The molecule has 0 atom stereocenters. The van der Waals surface area contributed by atoms with Crippen LogP contribution in [0, 0.1) is 0 Å². The van der Waals surface area contributed by atoms with Crippen LogP contribution in [-0.4, -0.2) is 21.8 Å². The number of hydrogen-bond acceptors (Lipinski definition) is 3. The summed E-state index contributed by atoms with van der Waals surface area (Å²) in [6, 6.07) is 0. The molecule has 0 amide bonds. The standard InChI is InChI=1S/C4H8O3/c1-3(5)4(2,6)7/h6-7H,1-2H3. The molecule has 3 heteroatoms. The summed E-state index contributed by atoms with van der Waals surface area (Å²) in [5.41, 5.74) is 0. The molecular weight excluding hydrogens is 96.0 g/mol. The van der Waals surface area contributed by atoms with E-state index in [4.69, 9.17) is 10.2 Å². The van der Waals surface area contributed by atoms with Gasteiger partial charge in [0.2, 0.25) is 5.79 Å². The molecule has 0 radical (unpaired) electrons. The highest BCUT2D eigenvalue weighted by Crippen LogP contribution is 1.95. The van der Waals surface area contributed by atoms with Crippen LogP contribution in [0.1, 0.15) is 13.8 Å². The Morgan fingerprint density at radius 3 is 1.71 bits per heavy atom. The van der Waals surface area contributed by atoms with Gasteiger partial charge in [0.15, 0.2) is 5.78 Å². The third-order valence-electron chi connectivity index (χ3n) is 0.667. The highest BCUT2D eigenvalue weighted by atomic mass is 16.5. The number of carbonyl (C=O) groups is 1. The summed E-state index contributed by atoms with van der Waals surface area (Å²) in [6.07, 6.45) is 0. The van der Waals surface area contributed by atoms with E-state index in [0.29, 0.717) is 0 Å². The summed E-state index contributed by atoms with van der Waals surface area (Å²) >= 11 is 0. The van der Waals surface area contributed by atoms with Crippen molar-refractivity contribution in [3.8, 4) is 0 Å². The summed E-state index contributed by atoms with van der Waals surface area (Å²) in [6.45, 7) is 2.13. The van der Waals surface area contributed by atoms with Crippen LogP contribution >= 0.6 is 0 Å². The molecular formula is C4H8O3. The van der Waals surface area contributed by atoms with Gasteiger partial charge < -0.3 is 10.2 Å². The lowest BCUT2D eigenvalue weighted by Crippen LogP contribution is -2.31. The summed E-state index contributed by atoms with van der Waals surface area (Å²) in [4.78, 5) is 9.97. The molecule has 0 spiro atoms. The van der Waals surface area contributed by atoms with Crippen molar-refractivity contribution in [3.05, 3.63) is 0 Å². The molecule has 0 aliphatic heterocycles. The molecule has 0 aromatic rings. The van der Waals surface area contributed by atoms with Crippen molar-refractivity contribution in [1.29, 1.82) is 0 Å². The van der Waals surface area contributed by atoms with E-state index in [1.807, 2.05) is 0 Å². The van der Waals surface area contributed by atoms with E-state index in [-0.39, 0.29) is 0 Å². The Labute approximate surface area is 41.6 Å². The molecule has 0 saturated carbocycles. The third kappa shape index (κ3) is 2.31. The first-order valence-corrected chi connectivity index (χ1v) is 1.90. The lowest BCUT2D eigenvalue weighted by molar-refractivity contribution is -0.173. The van der Waals surface area contributed by atoms with Crippen molar-refractivity contribution in [2.75, 3.05) is 0 Å². The van der Waals surface area contributed by atoms with Crippen molar-refractivity contribution in [3.63, 3.8) is 0 Å². The number of hydrogen-bond donors (Lipinski definition) is 2. The number of aliphatic hydroxyl groups is 2. The van der Waals surface area contributed by atoms with Crippen LogP contribution in [0.15, 0.2) is 0 Å². The summed E-state index contributed by atoms with van der Waals surface area (Å²) in [5, 5.41) is 16.6. The molecule has 0 fully saturated rings. The largest absolute Gasteiger partial charge is 0.360 e. The molecule has 0 unspecified atom stereocenters. The average Bonchev–Trinajstić information content (AvgIpc) is 1.31. The number of carbonyl (C=O) groups excluding carboxylic acids is 1. The smallest absolute Gasteiger partial charge is 0.220 e. The molecule has 0 aliphatic carbocycles. The first-order chi connectivity index (χ1) is 2.94. The molecule has 0 aromatic heterocycles. The van der Waals surface area contributed by atoms with Crippen molar-refractivity contribution in [1.82, 2.24) is 0 Å². The predicted octanol–water partition coefficient (Wildman–Crippen LogP) is -0.724. The minimum absolute atomic E-state index is 0.646. The Morgan fingerprint density at radius 2 is 1.71 bits per heavy atom. The predicted molar refractivity (Wildman–Crippen MR) is 23.5 cm³/mol. The first-order valence-electron chi connectivity index (χ1n) is 1.90. The zero-order valence-electron chi connectivity index (χ0n) is 4.30. The van der Waals surface area contributed by atoms with Gasteiger partial charge in [0, 0.05) is 6.92 Å². The van der Waals surface area contributed by atoms with Crippen LogP contribution in [0.25, 0.3) is 0 Å². The van der Waals surface area contributed by atoms with Crippen LogP contribution in [0.3, 0.4) is 0 Å². The Balaban J connectivity index is 3.79. The fourth-order valence-electron chi connectivity index (χ4n) is 0. The minimum Gasteiger partial charge on any atom is -0.360 e. The van der Waals surface area contributed by atoms with E-state index in [2.05, 4.69) is 0 Å². The fraction of sp³-hybridized carbons (Fsp3) is 0.750. The molecule has 0 aromatic carbocycles. The van der Waals surface area contributed by atoms with E-state index in [1.54, 1.807) is 0 Å². The van der Waals surface area contributed by atoms with E-state index in [0.717, 1.165) is 13.8 Å². The molecule has 2 N–H and O–H groups in total. The minimum atomic E-state index is -2.14. The zero-order valence-corrected chi connectivity index (χ0v) is 4.30. The topological polar surface area (TPSA) is 57.5 Å². The van der Waals surface area contributed by atoms with Crippen LogP contribution in [0.2, 0.25) is 0 Å². The van der Waals surface area contributed by atoms with Crippen molar-refractivity contribution in [2.24, 2.45) is 0 Å². The molecule has 3 nitrogen and oxygen atoms in total. The van der Waals surface area contributed by atoms with Crippen LogP contribution in [-0.2, 0) is 4.79 Å². The maximum atomic E-state index is 9.97. The second-order valence-electron chi connectivity index (χ2n) is 1.58. The van der Waals surface area contributed by atoms with Gasteiger partial charge in [-0.2, -0.15) is 0 Å². The highest BCUT2D eigenvalue weighted by Gasteiger charge is 2.20. The number of Topliss-reactive ketones (excluding diaryl/α,β-unsaturated/α-hetero) is 1. The van der Waals surface area contributed by atoms with E-state index in [9.17, 15) is 4.79 Å². The maximum absolute atomic E-state index is 9.97. The molecule has 0 bridgehead atoms. The average molecular weight is 104 g/mol. The lowest BCUT2D eigenvalue weighted by Gasteiger charge is -2.08. The van der Waals surface area contributed by atoms with E-state index < -0.39 is 11.6 Å². The van der Waals surface area contributed by atoms with E-state index in [1.165, 1.54) is 0 Å². The molecule has 0 heterocycles. The molecule has 42 valence electrons. The maximum Gasteiger partial charge on any atom is 0.220 e. The summed E-state index contributed by atoms with van der Waals surface area (Å²) in [7, 11) is 0. The second kappa shape index (κ2) is 1.60. The fourth-order valence-corrected chi connectivity index (χ4v) is 0. The van der Waals surface area contributed by atoms with Crippen LogP contribution < -0.4 is 0 Å². The van der Waals surface area contributed by atoms with Gasteiger partial charge in [0.1, 0.15) is 0 Å². The molecule has 0 saturated heterocycles. The quantitative estimate of drug-likeness (QED) is 0.431. The second-order valence-corrected chi connectivity index (χ2v) is 1.58. The van der Waals surface area contributed by atoms with E-state index >= 15 is 0 Å². The van der Waals surface area contributed by atoms with Gasteiger partial charge in [-0.3, -0.25) is 4.79 Å². The zero-order chi connectivity index (χ0) is 6.08. The number of ketones is 1. The Kier molecular flexibility index (Phi) is 1.50. The van der Waals surface area contributed by atoms with Gasteiger partial charge in [-0.15, -0.1) is 0 Å². The SMILES string of the molecule is CC(=O)C(C)(O)O. The van der Waals surface area contributed by atoms with Crippen LogP contribution in [0.5, 0.6) is 0 Å². The van der Waals surface area contributed by atoms with Gasteiger partial charge >= 0.3 is 0 Å². The van der Waals surface area contributed by atoms with Crippen molar-refractivity contribution >= 4 is 5.78 Å². The Hall–Kier alpha value is -0.410. The summed E-state index contributed by atoms with van der Waals surface area (Å²) < 4.78 is 0. The third-order valence-corrected chi connectivity index (χ3v) is 0.667. The van der Waals surface area contributed by atoms with Crippen molar-refractivity contribution in [2.45, 2.75) is 19.6 Å². The van der Waals surface area contributed by atoms with Gasteiger partial charge in [-0.25, -0.2) is 0 Å². The number of rotatable bonds is 1. The molecule has 0 rings (SSSR count). The van der Waals surface area contributed by atoms with Gasteiger partial charge in [-0.1, -0.05) is 0 Å². The highest BCUT2D eigenvalue weighted by molar-refractivity contribution is 5.82. The summed E-state index contributed by atoms with van der Waals surface area (Å²) in [5.74, 6) is -2.78. The Bertz CT molecular complexity index is 79.4. The lowest BCUT2D eigenvalue weighted by atomic mass is 10.2. The monoisotopic (exact) mass is 104 g/mol. The molecule has 7 heavy (non-hydrogen) atoms. The van der Waals surface area contributed by atoms with Gasteiger partial charge in [-0.05, 0) is 6.92 Å². The normalized spacial score (nSPS) is 11.4. The van der Waals surface area contributed by atoms with Crippen molar-refractivity contribution < 1.29 is 15.0 Å². The molecule has 0 aliphatic rings.